The number of nitrogens with one attached hydrogen (secondary N) is 1. The van der Waals surface area contributed by atoms with Crippen molar-refractivity contribution in [1.29, 1.82) is 0 Å². The summed E-state index contributed by atoms with van der Waals surface area (Å²) in [6.45, 7) is 4.20. The van der Waals surface area contributed by atoms with Gasteiger partial charge in [-0.25, -0.2) is 9.18 Å². The monoisotopic (exact) mass is 322 g/mol. The summed E-state index contributed by atoms with van der Waals surface area (Å²) >= 11 is 0. The normalized spacial score (nSPS) is 16.3. The maximum atomic E-state index is 12.7. The molecule has 0 radical (unpaired) electrons. The summed E-state index contributed by atoms with van der Waals surface area (Å²) in [5, 5.41) is 2.84. The smallest absolute Gasteiger partial charge is 0.404 e. The fourth-order valence-electron chi connectivity index (χ4n) is 2.31. The SMILES string of the molecule is CC1(C)CNC(=O)c2ccc(OCC(=CF)COC(N)=O)cc21. The molecule has 1 aliphatic rings. The van der Waals surface area contributed by atoms with E-state index in [-0.39, 0.29) is 30.1 Å². The van der Waals surface area contributed by atoms with Crippen molar-refractivity contribution < 1.29 is 23.5 Å². The molecule has 0 aliphatic carbocycles. The lowest BCUT2D eigenvalue weighted by atomic mass is 9.79. The van der Waals surface area contributed by atoms with Crippen LogP contribution in [0.2, 0.25) is 0 Å². The highest BCUT2D eigenvalue weighted by atomic mass is 19.1. The molecule has 3 N–H and O–H groups in total. The number of carbonyl (C=O) groups excluding carboxylic acids is 2. The molecule has 1 aromatic rings. The molecule has 6 nitrogen and oxygen atoms in total. The number of ether oxygens (including phenoxy) is 2. The maximum absolute atomic E-state index is 12.7. The van der Waals surface area contributed by atoms with Crippen LogP contribution in [-0.2, 0) is 10.2 Å². The lowest BCUT2D eigenvalue weighted by Gasteiger charge is -2.32. The average molecular weight is 322 g/mol. The number of primary amides is 1. The van der Waals surface area contributed by atoms with E-state index >= 15 is 0 Å². The van der Waals surface area contributed by atoms with E-state index < -0.39 is 6.09 Å². The quantitative estimate of drug-likeness (QED) is 0.868. The van der Waals surface area contributed by atoms with Crippen molar-refractivity contribution in [2.45, 2.75) is 19.3 Å². The number of rotatable bonds is 5. The van der Waals surface area contributed by atoms with Gasteiger partial charge in [0.15, 0.2) is 0 Å². The molecule has 1 aromatic carbocycles. The number of hydrogen-bond acceptors (Lipinski definition) is 4. The Morgan fingerprint density at radius 1 is 1.43 bits per heavy atom. The van der Waals surface area contributed by atoms with E-state index in [1.807, 2.05) is 13.8 Å². The van der Waals surface area contributed by atoms with Gasteiger partial charge in [0.2, 0.25) is 0 Å². The number of halogens is 1. The Morgan fingerprint density at radius 2 is 2.17 bits per heavy atom. The van der Waals surface area contributed by atoms with Gasteiger partial charge in [-0.05, 0) is 23.8 Å². The highest BCUT2D eigenvalue weighted by Gasteiger charge is 2.31. The van der Waals surface area contributed by atoms with Gasteiger partial charge >= 0.3 is 6.09 Å². The van der Waals surface area contributed by atoms with Gasteiger partial charge in [0.25, 0.3) is 5.91 Å². The summed E-state index contributed by atoms with van der Waals surface area (Å²) in [6, 6.07) is 5.10. The highest BCUT2D eigenvalue weighted by Crippen LogP contribution is 2.32. The van der Waals surface area contributed by atoms with Crippen LogP contribution in [0, 0.1) is 0 Å². The minimum atomic E-state index is -0.981. The Balaban J connectivity index is 2.10. The molecule has 0 saturated carbocycles. The van der Waals surface area contributed by atoms with E-state index in [1.54, 1.807) is 18.2 Å². The molecule has 1 aliphatic heterocycles. The zero-order valence-corrected chi connectivity index (χ0v) is 13.0. The lowest BCUT2D eigenvalue weighted by Crippen LogP contribution is -2.43. The Labute approximate surface area is 133 Å². The molecular weight excluding hydrogens is 303 g/mol. The minimum absolute atomic E-state index is 0.0881. The average Bonchev–Trinajstić information content (AvgIpc) is 2.51. The van der Waals surface area contributed by atoms with Crippen LogP contribution in [0.25, 0.3) is 0 Å². The molecule has 0 atom stereocenters. The van der Waals surface area contributed by atoms with E-state index in [9.17, 15) is 14.0 Å². The first-order valence-corrected chi connectivity index (χ1v) is 7.09. The zero-order chi connectivity index (χ0) is 17.0. The summed E-state index contributed by atoms with van der Waals surface area (Å²) in [4.78, 5) is 22.4. The number of amides is 2. The maximum Gasteiger partial charge on any atom is 0.404 e. The molecule has 124 valence electrons. The molecule has 0 fully saturated rings. The van der Waals surface area contributed by atoms with Crippen molar-refractivity contribution in [3.8, 4) is 5.75 Å². The van der Waals surface area contributed by atoms with E-state index in [0.29, 0.717) is 24.2 Å². The van der Waals surface area contributed by atoms with Crippen LogP contribution in [0.1, 0.15) is 29.8 Å². The first-order chi connectivity index (χ1) is 10.8. The van der Waals surface area contributed by atoms with Crippen molar-refractivity contribution in [2.75, 3.05) is 19.8 Å². The van der Waals surface area contributed by atoms with Gasteiger partial charge in [0.05, 0.1) is 6.33 Å². The largest absolute Gasteiger partial charge is 0.489 e. The summed E-state index contributed by atoms with van der Waals surface area (Å²) in [6.07, 6.45) is -0.662. The van der Waals surface area contributed by atoms with Gasteiger partial charge in [0.1, 0.15) is 19.0 Å². The zero-order valence-electron chi connectivity index (χ0n) is 13.0. The van der Waals surface area contributed by atoms with Crippen LogP contribution >= 0.6 is 0 Å². The van der Waals surface area contributed by atoms with Gasteiger partial charge in [0, 0.05) is 23.1 Å². The van der Waals surface area contributed by atoms with Crippen molar-refractivity contribution in [3.05, 3.63) is 41.2 Å². The number of benzene rings is 1. The second kappa shape index (κ2) is 6.68. The van der Waals surface area contributed by atoms with E-state index in [1.165, 1.54) is 0 Å². The van der Waals surface area contributed by atoms with Gasteiger partial charge in [-0.3, -0.25) is 4.79 Å². The van der Waals surface area contributed by atoms with E-state index in [2.05, 4.69) is 10.1 Å². The summed E-state index contributed by atoms with van der Waals surface area (Å²) in [7, 11) is 0. The third-order valence-corrected chi connectivity index (χ3v) is 3.63. The molecule has 0 aromatic heterocycles. The Morgan fingerprint density at radius 3 is 2.83 bits per heavy atom. The molecule has 7 heteroatoms. The third-order valence-electron chi connectivity index (χ3n) is 3.63. The lowest BCUT2D eigenvalue weighted by molar-refractivity contribution is 0.0929. The number of carbonyl (C=O) groups is 2. The predicted molar refractivity (Wildman–Crippen MR) is 82.0 cm³/mol. The fraction of sp³-hybridized carbons (Fsp3) is 0.375. The topological polar surface area (TPSA) is 90.7 Å². The first-order valence-electron chi connectivity index (χ1n) is 7.09. The molecule has 2 amide bonds. The van der Waals surface area contributed by atoms with Crippen LogP contribution in [0.15, 0.2) is 30.1 Å². The standard InChI is InChI=1S/C16H19FN2O4/c1-16(2)9-19-14(20)12-4-3-11(5-13(12)16)22-7-10(6-17)8-23-15(18)21/h3-6H,7-9H2,1-2H3,(H2,18,21)(H,19,20). The molecule has 0 unspecified atom stereocenters. The van der Waals surface area contributed by atoms with Crippen molar-refractivity contribution >= 4 is 12.0 Å². The minimum Gasteiger partial charge on any atom is -0.489 e. The highest BCUT2D eigenvalue weighted by molar-refractivity contribution is 5.97. The number of fused-ring (bicyclic) bond motifs is 1. The van der Waals surface area contributed by atoms with Gasteiger partial charge < -0.3 is 20.5 Å². The Hall–Kier alpha value is -2.57. The van der Waals surface area contributed by atoms with Crippen LogP contribution < -0.4 is 15.8 Å². The third kappa shape index (κ3) is 4.00. The van der Waals surface area contributed by atoms with Crippen molar-refractivity contribution in [1.82, 2.24) is 5.32 Å². The van der Waals surface area contributed by atoms with E-state index in [4.69, 9.17) is 10.5 Å². The molecule has 0 saturated heterocycles. The second-order valence-corrected chi connectivity index (χ2v) is 5.94. The van der Waals surface area contributed by atoms with Crippen LogP contribution in [0.5, 0.6) is 5.75 Å². The van der Waals surface area contributed by atoms with Gasteiger partial charge in [-0.2, -0.15) is 0 Å². The Kier molecular flexibility index (Phi) is 4.88. The van der Waals surface area contributed by atoms with E-state index in [0.717, 1.165) is 5.56 Å². The first kappa shape index (κ1) is 16.8. The predicted octanol–water partition coefficient (Wildman–Crippen LogP) is 2.04. The molecule has 2 rings (SSSR count). The second-order valence-electron chi connectivity index (χ2n) is 5.94. The van der Waals surface area contributed by atoms with Gasteiger partial charge in [-0.15, -0.1) is 0 Å². The van der Waals surface area contributed by atoms with Crippen LogP contribution in [-0.4, -0.2) is 31.8 Å². The van der Waals surface area contributed by atoms with Gasteiger partial charge in [-0.1, -0.05) is 13.8 Å². The number of hydrogen-bond donors (Lipinski definition) is 2. The molecule has 1 heterocycles. The Bertz CT molecular complexity index is 655. The molecule has 0 bridgehead atoms. The fourth-order valence-corrected chi connectivity index (χ4v) is 2.31. The summed E-state index contributed by atoms with van der Waals surface area (Å²) < 4.78 is 22.8. The van der Waals surface area contributed by atoms with Crippen molar-refractivity contribution in [3.63, 3.8) is 0 Å². The van der Waals surface area contributed by atoms with Crippen LogP contribution in [0.3, 0.4) is 0 Å². The summed E-state index contributed by atoms with van der Waals surface area (Å²) in [5.74, 6) is 0.384. The molecule has 23 heavy (non-hydrogen) atoms. The van der Waals surface area contributed by atoms with Crippen LogP contribution in [0.4, 0.5) is 9.18 Å². The molecule has 0 spiro atoms. The molecular formula is C16H19FN2O4. The van der Waals surface area contributed by atoms with Crippen molar-refractivity contribution in [2.24, 2.45) is 5.73 Å². The number of nitrogens with two attached hydrogens (primary N) is 1. The summed E-state index contributed by atoms with van der Waals surface area (Å²) in [5.41, 5.74) is 6.22.